The summed E-state index contributed by atoms with van der Waals surface area (Å²) < 4.78 is 10.7. The number of hydrogen-bond acceptors (Lipinski definition) is 6. The van der Waals surface area contributed by atoms with Crippen molar-refractivity contribution in [2.75, 3.05) is 20.2 Å². The number of carbonyl (C=O) groups is 2. The number of likely N-dealkylation sites (tertiary alicyclic amines) is 1. The molecule has 7 nitrogen and oxygen atoms in total. The molecule has 2 aromatic rings. The lowest BCUT2D eigenvalue weighted by molar-refractivity contribution is -0.0231. The van der Waals surface area contributed by atoms with Crippen LogP contribution in [0.5, 0.6) is 5.75 Å². The number of carbonyl (C=O) groups excluding carboxylic acids is 2. The molecule has 1 aromatic carbocycles. The predicted octanol–water partition coefficient (Wildman–Crippen LogP) is 2.47. The number of benzene rings is 1. The lowest BCUT2D eigenvalue weighted by Gasteiger charge is -2.35. The smallest absolute Gasteiger partial charge is 0.337 e. The number of hydrogen-bond donors (Lipinski definition) is 1. The Labute approximate surface area is 175 Å². The van der Waals surface area contributed by atoms with Crippen LogP contribution in [0.3, 0.4) is 0 Å². The average Bonchev–Trinajstić information content (AvgIpc) is 3.16. The number of fused-ring (bicyclic) bond motifs is 1. The van der Waals surface area contributed by atoms with E-state index in [1.165, 1.54) is 7.11 Å². The second-order valence-corrected chi connectivity index (χ2v) is 8.13. The van der Waals surface area contributed by atoms with Crippen LogP contribution < -0.4 is 4.74 Å². The molecule has 1 aliphatic heterocycles. The highest BCUT2D eigenvalue weighted by atomic mass is 16.5. The fourth-order valence-electron chi connectivity index (χ4n) is 4.53. The zero-order chi connectivity index (χ0) is 21.3. The Morgan fingerprint density at radius 2 is 1.80 bits per heavy atom. The van der Waals surface area contributed by atoms with Crippen LogP contribution in [0.25, 0.3) is 0 Å². The SMILES string of the molecule is COC(=O)c1ccc(O[C@H]2C[C@@H]3CN(C(=O)c4ccncc4C)C[C@@H]3C[C@@H]2O)cc1. The highest BCUT2D eigenvalue weighted by Gasteiger charge is 2.44. The molecule has 1 aromatic heterocycles. The molecule has 2 heterocycles. The number of methoxy groups -OCH3 is 1. The largest absolute Gasteiger partial charge is 0.488 e. The summed E-state index contributed by atoms with van der Waals surface area (Å²) in [5.74, 6) is 0.784. The van der Waals surface area contributed by atoms with Gasteiger partial charge in [0.1, 0.15) is 11.9 Å². The molecule has 0 bridgehead atoms. The molecule has 1 saturated carbocycles. The molecular weight excluding hydrogens is 384 g/mol. The maximum Gasteiger partial charge on any atom is 0.337 e. The molecule has 4 rings (SSSR count). The van der Waals surface area contributed by atoms with Gasteiger partial charge in [0.2, 0.25) is 0 Å². The summed E-state index contributed by atoms with van der Waals surface area (Å²) in [5.41, 5.74) is 2.00. The standard InChI is InChI=1S/C23H26N2O5/c1-14-11-24-8-7-19(14)22(27)25-12-16-9-20(26)21(10-17(16)13-25)30-18-5-3-15(4-6-18)23(28)29-2/h3-8,11,16-17,20-21,26H,9-10,12-13H2,1-2H3/t16-,17+,20-,21-/m0/s1. The molecule has 0 radical (unpaired) electrons. The second-order valence-electron chi connectivity index (χ2n) is 8.13. The van der Waals surface area contributed by atoms with E-state index >= 15 is 0 Å². The van der Waals surface area contributed by atoms with Crippen molar-refractivity contribution in [1.29, 1.82) is 0 Å². The summed E-state index contributed by atoms with van der Waals surface area (Å²) in [5, 5.41) is 10.6. The van der Waals surface area contributed by atoms with Crippen LogP contribution in [0.1, 0.15) is 39.1 Å². The van der Waals surface area contributed by atoms with Crippen LogP contribution in [0.2, 0.25) is 0 Å². The topological polar surface area (TPSA) is 89.0 Å². The fraction of sp³-hybridized carbons (Fsp3) is 0.435. The van der Waals surface area contributed by atoms with E-state index in [1.54, 1.807) is 42.7 Å². The summed E-state index contributed by atoms with van der Waals surface area (Å²) in [6.07, 6.45) is 3.70. The normalized spacial score (nSPS) is 25.5. The maximum atomic E-state index is 12.9. The van der Waals surface area contributed by atoms with Crippen molar-refractivity contribution in [2.45, 2.75) is 32.0 Å². The molecule has 1 saturated heterocycles. The molecule has 158 valence electrons. The van der Waals surface area contributed by atoms with Gasteiger partial charge in [0.15, 0.2) is 0 Å². The van der Waals surface area contributed by atoms with Gasteiger partial charge in [-0.15, -0.1) is 0 Å². The minimum absolute atomic E-state index is 0.0228. The highest BCUT2D eigenvalue weighted by Crippen LogP contribution is 2.38. The third kappa shape index (κ3) is 4.03. The van der Waals surface area contributed by atoms with Crippen molar-refractivity contribution in [3.8, 4) is 5.75 Å². The van der Waals surface area contributed by atoms with Gasteiger partial charge >= 0.3 is 5.97 Å². The molecule has 0 unspecified atom stereocenters. The minimum Gasteiger partial charge on any atom is -0.488 e. The first kappa shape index (κ1) is 20.3. The van der Waals surface area contributed by atoms with E-state index in [-0.39, 0.29) is 17.9 Å². The van der Waals surface area contributed by atoms with E-state index in [9.17, 15) is 14.7 Å². The Morgan fingerprint density at radius 3 is 2.47 bits per heavy atom. The number of esters is 1. The Balaban J connectivity index is 1.40. The quantitative estimate of drug-likeness (QED) is 0.779. The summed E-state index contributed by atoms with van der Waals surface area (Å²) in [7, 11) is 1.34. The monoisotopic (exact) mass is 410 g/mol. The van der Waals surface area contributed by atoms with Crippen molar-refractivity contribution in [3.63, 3.8) is 0 Å². The summed E-state index contributed by atoms with van der Waals surface area (Å²) in [6.45, 7) is 3.21. The Morgan fingerprint density at radius 1 is 1.10 bits per heavy atom. The Bertz CT molecular complexity index is 929. The van der Waals surface area contributed by atoms with Gasteiger partial charge < -0.3 is 19.5 Å². The van der Waals surface area contributed by atoms with Crippen LogP contribution in [0.15, 0.2) is 42.7 Å². The van der Waals surface area contributed by atoms with Crippen molar-refractivity contribution in [1.82, 2.24) is 9.88 Å². The Hall–Kier alpha value is -2.93. The van der Waals surface area contributed by atoms with Crippen LogP contribution in [0.4, 0.5) is 0 Å². The van der Waals surface area contributed by atoms with Gasteiger partial charge in [-0.05, 0) is 67.5 Å². The molecule has 1 aliphatic carbocycles. The van der Waals surface area contributed by atoms with Gasteiger partial charge in [-0.25, -0.2) is 4.79 Å². The number of aliphatic hydroxyl groups is 1. The zero-order valence-corrected chi connectivity index (χ0v) is 17.2. The van der Waals surface area contributed by atoms with Gasteiger partial charge in [0.25, 0.3) is 5.91 Å². The number of ether oxygens (including phenoxy) is 2. The third-order valence-electron chi connectivity index (χ3n) is 6.19. The first-order valence-corrected chi connectivity index (χ1v) is 10.2. The molecule has 1 N–H and O–H groups in total. The van der Waals surface area contributed by atoms with Gasteiger partial charge in [0.05, 0.1) is 18.8 Å². The molecule has 2 fully saturated rings. The molecule has 2 aliphatic rings. The van der Waals surface area contributed by atoms with Crippen molar-refractivity contribution in [3.05, 3.63) is 59.4 Å². The summed E-state index contributed by atoms with van der Waals surface area (Å²) >= 11 is 0. The zero-order valence-electron chi connectivity index (χ0n) is 17.2. The second kappa shape index (κ2) is 8.44. The van der Waals surface area contributed by atoms with E-state index < -0.39 is 12.1 Å². The van der Waals surface area contributed by atoms with E-state index in [1.807, 2.05) is 11.8 Å². The molecule has 1 amide bonds. The fourth-order valence-corrected chi connectivity index (χ4v) is 4.53. The Kier molecular flexibility index (Phi) is 5.72. The van der Waals surface area contributed by atoms with Crippen LogP contribution >= 0.6 is 0 Å². The number of aryl methyl sites for hydroxylation is 1. The molecule has 4 atom stereocenters. The van der Waals surface area contributed by atoms with Crippen molar-refractivity contribution >= 4 is 11.9 Å². The lowest BCUT2D eigenvalue weighted by atomic mass is 9.78. The third-order valence-corrected chi connectivity index (χ3v) is 6.19. The lowest BCUT2D eigenvalue weighted by Crippen LogP contribution is -2.42. The number of pyridine rings is 1. The van der Waals surface area contributed by atoms with Crippen LogP contribution in [-0.2, 0) is 4.74 Å². The molecule has 30 heavy (non-hydrogen) atoms. The van der Waals surface area contributed by atoms with Gasteiger partial charge in [-0.2, -0.15) is 0 Å². The minimum atomic E-state index is -0.593. The number of amides is 1. The summed E-state index contributed by atoms with van der Waals surface area (Å²) in [4.78, 5) is 30.5. The van der Waals surface area contributed by atoms with Gasteiger partial charge in [0, 0.05) is 31.0 Å². The highest BCUT2D eigenvalue weighted by molar-refractivity contribution is 5.95. The van der Waals surface area contributed by atoms with E-state index in [0.29, 0.717) is 48.7 Å². The van der Waals surface area contributed by atoms with Crippen LogP contribution in [0, 0.1) is 18.8 Å². The van der Waals surface area contributed by atoms with Gasteiger partial charge in [-0.3, -0.25) is 9.78 Å². The van der Waals surface area contributed by atoms with Crippen molar-refractivity contribution < 1.29 is 24.2 Å². The van der Waals surface area contributed by atoms with Gasteiger partial charge in [-0.1, -0.05) is 0 Å². The number of nitrogens with zero attached hydrogens (tertiary/aromatic N) is 2. The maximum absolute atomic E-state index is 12.9. The van der Waals surface area contributed by atoms with Crippen LogP contribution in [-0.4, -0.2) is 59.3 Å². The first-order valence-electron chi connectivity index (χ1n) is 10.2. The van der Waals surface area contributed by atoms with E-state index in [4.69, 9.17) is 9.47 Å². The summed E-state index contributed by atoms with van der Waals surface area (Å²) in [6, 6.07) is 8.47. The molecule has 0 spiro atoms. The van der Waals surface area contributed by atoms with E-state index in [0.717, 1.165) is 5.56 Å². The van der Waals surface area contributed by atoms with Crippen molar-refractivity contribution in [2.24, 2.45) is 11.8 Å². The number of rotatable bonds is 4. The number of aliphatic hydroxyl groups excluding tert-OH is 1. The molecular formula is C23H26N2O5. The first-order chi connectivity index (χ1) is 14.5. The number of aromatic nitrogens is 1. The predicted molar refractivity (Wildman–Crippen MR) is 109 cm³/mol. The van der Waals surface area contributed by atoms with E-state index in [2.05, 4.69) is 4.98 Å². The molecule has 7 heteroatoms. The average molecular weight is 410 g/mol.